The van der Waals surface area contributed by atoms with Crippen LogP contribution in [0.15, 0.2) is 36.4 Å². The number of anilines is 1. The van der Waals surface area contributed by atoms with Gasteiger partial charge in [0.25, 0.3) is 0 Å². The zero-order valence-electron chi connectivity index (χ0n) is 20.6. The monoisotopic (exact) mass is 463 g/mol. The van der Waals surface area contributed by atoms with Gasteiger partial charge in [-0.15, -0.1) is 21.5 Å². The molecule has 1 aromatic carbocycles. The van der Waals surface area contributed by atoms with Crippen LogP contribution in [0, 0.1) is 5.92 Å². The minimum atomic E-state index is -0.141. The Kier molecular flexibility index (Phi) is 6.43. The van der Waals surface area contributed by atoms with Crippen molar-refractivity contribution in [1.29, 1.82) is 0 Å². The molecule has 174 valence electrons. The van der Waals surface area contributed by atoms with Crippen molar-refractivity contribution < 1.29 is 4.74 Å². The normalized spacial score (nSPS) is 12.8. The van der Waals surface area contributed by atoms with Crippen molar-refractivity contribution in [3.8, 4) is 17.1 Å². The van der Waals surface area contributed by atoms with E-state index in [1.807, 2.05) is 40.1 Å². The predicted molar refractivity (Wildman–Crippen MR) is 137 cm³/mol. The molecule has 33 heavy (non-hydrogen) atoms. The molecule has 4 rings (SSSR count). The van der Waals surface area contributed by atoms with Gasteiger partial charge in [-0.3, -0.25) is 0 Å². The van der Waals surface area contributed by atoms with Crippen molar-refractivity contribution in [2.75, 3.05) is 25.1 Å². The van der Waals surface area contributed by atoms with Crippen LogP contribution < -0.4 is 14.9 Å². The summed E-state index contributed by atoms with van der Waals surface area (Å²) in [5.41, 5.74) is 2.51. The molecule has 0 N–H and O–H groups in total. The van der Waals surface area contributed by atoms with Gasteiger partial charge in [0.1, 0.15) is 5.75 Å². The van der Waals surface area contributed by atoms with Crippen LogP contribution in [0.2, 0.25) is 0 Å². The summed E-state index contributed by atoms with van der Waals surface area (Å²) < 4.78 is 7.42. The predicted octanol–water partition coefficient (Wildman–Crippen LogP) is 5.19. The lowest BCUT2D eigenvalue weighted by Gasteiger charge is -2.23. The summed E-state index contributed by atoms with van der Waals surface area (Å²) in [6, 6.07) is 12.3. The Bertz CT molecular complexity index is 1300. The third-order valence-corrected chi connectivity index (χ3v) is 6.67. The van der Waals surface area contributed by atoms with Crippen LogP contribution in [0.5, 0.6) is 5.75 Å². The van der Waals surface area contributed by atoms with Crippen LogP contribution in [0.25, 0.3) is 23.1 Å². The van der Waals surface area contributed by atoms with Crippen LogP contribution in [0.1, 0.15) is 52.1 Å². The van der Waals surface area contributed by atoms with Gasteiger partial charge in [0.05, 0.1) is 23.4 Å². The second-order valence-electron chi connectivity index (χ2n) is 9.72. The van der Waals surface area contributed by atoms with E-state index in [4.69, 9.17) is 9.84 Å². The van der Waals surface area contributed by atoms with E-state index in [1.165, 1.54) is 9.88 Å². The Morgan fingerprint density at radius 2 is 1.88 bits per heavy atom. The molecular weight excluding hydrogens is 430 g/mol. The highest BCUT2D eigenvalue weighted by Crippen LogP contribution is 2.30. The standard InChI is InChI=1S/C26H33N5OS/c1-8-30(16-17(2)3)22-14-13-18(33-22)15-20-23(26(4,5)6)29-31-24(27-28-25(20)31)19-11-9-10-12-21(19)32-7/h9-15,17H,8,16H2,1-7H3/b20-15-. The van der Waals surface area contributed by atoms with E-state index in [-0.39, 0.29) is 5.41 Å². The van der Waals surface area contributed by atoms with Crippen molar-refractivity contribution in [2.24, 2.45) is 5.92 Å². The molecule has 3 aromatic heterocycles. The Morgan fingerprint density at radius 3 is 2.55 bits per heavy atom. The molecule has 0 fully saturated rings. The summed E-state index contributed by atoms with van der Waals surface area (Å²) in [4.78, 5) is 3.63. The molecule has 0 spiro atoms. The Morgan fingerprint density at radius 1 is 1.12 bits per heavy atom. The number of thiophene rings is 1. The van der Waals surface area contributed by atoms with E-state index in [9.17, 15) is 0 Å². The first-order chi connectivity index (χ1) is 15.7. The number of hydrogen-bond acceptors (Lipinski definition) is 6. The number of benzene rings is 1. The molecule has 0 bridgehead atoms. The highest BCUT2D eigenvalue weighted by molar-refractivity contribution is 7.16. The Balaban J connectivity index is 1.86. The highest BCUT2D eigenvalue weighted by atomic mass is 32.1. The number of methoxy groups -OCH3 is 1. The molecule has 7 heteroatoms. The second kappa shape index (κ2) is 9.14. The molecule has 0 saturated heterocycles. The van der Waals surface area contributed by atoms with E-state index in [1.54, 1.807) is 7.11 Å². The molecule has 0 aliphatic rings. The number of fused-ring (bicyclic) bond motifs is 1. The van der Waals surface area contributed by atoms with E-state index in [2.05, 4.69) is 74.8 Å². The molecule has 4 aromatic rings. The number of hydrogen-bond donors (Lipinski definition) is 0. The van der Waals surface area contributed by atoms with Crippen molar-refractivity contribution in [3.63, 3.8) is 0 Å². The highest BCUT2D eigenvalue weighted by Gasteiger charge is 2.25. The molecule has 6 nitrogen and oxygen atoms in total. The van der Waals surface area contributed by atoms with Crippen molar-refractivity contribution in [3.05, 3.63) is 52.2 Å². The molecule has 0 radical (unpaired) electrons. The van der Waals surface area contributed by atoms with Gasteiger partial charge in [0, 0.05) is 28.6 Å². The topological polar surface area (TPSA) is 55.6 Å². The first-order valence-corrected chi connectivity index (χ1v) is 12.3. The van der Waals surface area contributed by atoms with E-state index in [0.29, 0.717) is 11.7 Å². The molecular formula is C26H33N5OS. The van der Waals surface area contributed by atoms with Crippen molar-refractivity contribution >= 4 is 28.1 Å². The summed E-state index contributed by atoms with van der Waals surface area (Å²) >= 11 is 1.81. The number of aromatic nitrogens is 4. The third-order valence-electron chi connectivity index (χ3n) is 5.57. The summed E-state index contributed by atoms with van der Waals surface area (Å²) in [5, 5.41) is 16.3. The fraction of sp³-hybridized carbons (Fsp3) is 0.423. The first-order valence-electron chi connectivity index (χ1n) is 11.5. The Labute approximate surface area is 199 Å². The van der Waals surface area contributed by atoms with Gasteiger partial charge < -0.3 is 9.64 Å². The average molecular weight is 464 g/mol. The molecule has 3 heterocycles. The minimum absolute atomic E-state index is 0.141. The minimum Gasteiger partial charge on any atom is -0.496 e. The van der Waals surface area contributed by atoms with E-state index >= 15 is 0 Å². The van der Waals surface area contributed by atoms with Crippen molar-refractivity contribution in [1.82, 2.24) is 19.8 Å². The number of nitrogens with zero attached hydrogens (tertiary/aromatic N) is 5. The lowest BCUT2D eigenvalue weighted by molar-refractivity contribution is 0.416. The van der Waals surface area contributed by atoms with Gasteiger partial charge in [-0.2, -0.15) is 9.61 Å². The Hall–Kier alpha value is -2.93. The molecule has 0 unspecified atom stereocenters. The van der Waals surface area contributed by atoms with Gasteiger partial charge in [0.2, 0.25) is 0 Å². The quantitative estimate of drug-likeness (QED) is 0.378. The van der Waals surface area contributed by atoms with E-state index in [0.717, 1.165) is 41.0 Å². The van der Waals surface area contributed by atoms with Crippen LogP contribution in [-0.4, -0.2) is 40.0 Å². The molecule has 0 aliphatic carbocycles. The molecule has 0 aliphatic heterocycles. The fourth-order valence-electron chi connectivity index (χ4n) is 4.03. The second-order valence-corrected chi connectivity index (χ2v) is 10.8. The van der Waals surface area contributed by atoms with Gasteiger partial charge in [-0.1, -0.05) is 46.8 Å². The van der Waals surface area contributed by atoms with Gasteiger partial charge in [-0.05, 0) is 43.2 Å². The summed E-state index contributed by atoms with van der Waals surface area (Å²) in [7, 11) is 1.67. The lowest BCUT2D eigenvalue weighted by atomic mass is 9.91. The van der Waals surface area contributed by atoms with Gasteiger partial charge >= 0.3 is 0 Å². The maximum atomic E-state index is 5.56. The van der Waals surface area contributed by atoms with Crippen LogP contribution in [0.3, 0.4) is 0 Å². The van der Waals surface area contributed by atoms with Gasteiger partial charge in [0.15, 0.2) is 11.5 Å². The summed E-state index contributed by atoms with van der Waals surface area (Å²) in [6.45, 7) is 15.3. The van der Waals surface area contributed by atoms with Crippen LogP contribution >= 0.6 is 11.3 Å². The zero-order chi connectivity index (χ0) is 23.8. The largest absolute Gasteiger partial charge is 0.496 e. The number of para-hydroxylation sites is 1. The third kappa shape index (κ3) is 4.60. The molecule has 0 saturated carbocycles. The van der Waals surface area contributed by atoms with Crippen LogP contribution in [0.4, 0.5) is 5.00 Å². The van der Waals surface area contributed by atoms with Crippen LogP contribution in [-0.2, 0) is 5.41 Å². The lowest BCUT2D eigenvalue weighted by Crippen LogP contribution is -2.26. The van der Waals surface area contributed by atoms with Gasteiger partial charge in [-0.25, -0.2) is 0 Å². The summed E-state index contributed by atoms with van der Waals surface area (Å²) in [5.74, 6) is 2.06. The number of rotatable bonds is 7. The maximum Gasteiger partial charge on any atom is 0.189 e. The average Bonchev–Trinajstić information content (AvgIpc) is 3.48. The molecule has 0 atom stereocenters. The summed E-state index contributed by atoms with van der Waals surface area (Å²) in [6.07, 6.45) is 2.21. The molecule has 0 amide bonds. The first kappa shape index (κ1) is 23.2. The number of ether oxygens (including phenoxy) is 1. The van der Waals surface area contributed by atoms with Crippen molar-refractivity contribution in [2.45, 2.75) is 47.0 Å². The maximum absolute atomic E-state index is 5.56. The SMILES string of the molecule is CCN(CC(C)C)c1ccc(/C=c2/c(C(C)(C)C)nn3c(-c4ccccc4OC)nnc23)s1. The smallest absolute Gasteiger partial charge is 0.189 e. The fourth-order valence-corrected chi connectivity index (χ4v) is 5.06. The zero-order valence-corrected chi connectivity index (χ0v) is 21.4. The van der Waals surface area contributed by atoms with E-state index < -0.39 is 0 Å².